The number of hydrogen-bond donors (Lipinski definition) is 1. The summed E-state index contributed by atoms with van der Waals surface area (Å²) in [6.07, 6.45) is 3.99. The number of sulfonamides is 1. The van der Waals surface area contributed by atoms with Crippen LogP contribution in [0.1, 0.15) is 18.9 Å². The molecule has 0 bridgehead atoms. The van der Waals surface area contributed by atoms with E-state index in [1.165, 1.54) is 4.31 Å². The van der Waals surface area contributed by atoms with Gasteiger partial charge in [-0.05, 0) is 31.1 Å². The van der Waals surface area contributed by atoms with Gasteiger partial charge in [0, 0.05) is 26.0 Å². The van der Waals surface area contributed by atoms with Gasteiger partial charge in [-0.15, -0.1) is 0 Å². The van der Waals surface area contributed by atoms with Crippen LogP contribution in [0, 0.1) is 0 Å². The predicted octanol–water partition coefficient (Wildman–Crippen LogP) is 0.843. The molecule has 0 fully saturated rings. The lowest BCUT2D eigenvalue weighted by Crippen LogP contribution is -2.30. The van der Waals surface area contributed by atoms with Crippen LogP contribution in [0.5, 0.6) is 0 Å². The summed E-state index contributed by atoms with van der Waals surface area (Å²) in [4.78, 5) is 3.97. The predicted molar refractivity (Wildman–Crippen MR) is 72.7 cm³/mol. The van der Waals surface area contributed by atoms with Crippen molar-refractivity contribution < 1.29 is 8.42 Å². The first-order chi connectivity index (χ1) is 8.56. The molecule has 1 aromatic rings. The molecule has 0 atom stereocenters. The van der Waals surface area contributed by atoms with Crippen molar-refractivity contribution in [3.63, 3.8) is 0 Å². The average Bonchev–Trinajstić information content (AvgIpc) is 2.36. The third-order valence-corrected chi connectivity index (χ3v) is 4.49. The molecule has 1 aromatic heterocycles. The van der Waals surface area contributed by atoms with Crippen molar-refractivity contribution >= 4 is 10.0 Å². The molecule has 18 heavy (non-hydrogen) atoms. The maximum atomic E-state index is 12.0. The summed E-state index contributed by atoms with van der Waals surface area (Å²) in [5.41, 5.74) is 0.898. The van der Waals surface area contributed by atoms with Crippen LogP contribution in [-0.4, -0.2) is 43.6 Å². The quantitative estimate of drug-likeness (QED) is 0.712. The highest BCUT2D eigenvalue weighted by molar-refractivity contribution is 7.89. The molecule has 0 spiro atoms. The normalized spacial score (nSPS) is 11.9. The molecule has 0 saturated heterocycles. The van der Waals surface area contributed by atoms with Gasteiger partial charge in [-0.3, -0.25) is 4.98 Å². The molecular weight excluding hydrogens is 250 g/mol. The number of aromatic nitrogens is 1. The second kappa shape index (κ2) is 7.45. The first-order valence-corrected chi connectivity index (χ1v) is 7.71. The van der Waals surface area contributed by atoms with Gasteiger partial charge >= 0.3 is 0 Å². The molecular formula is C12H21N3O2S. The summed E-state index contributed by atoms with van der Waals surface area (Å²) in [5.74, 6) is 0.177. The first-order valence-electron chi connectivity index (χ1n) is 6.10. The molecule has 0 aliphatic rings. The first kappa shape index (κ1) is 15.1. The third-order valence-electron chi connectivity index (χ3n) is 2.61. The number of hydrogen-bond acceptors (Lipinski definition) is 4. The van der Waals surface area contributed by atoms with Gasteiger partial charge in [0.15, 0.2) is 0 Å². The third kappa shape index (κ3) is 5.12. The molecule has 0 radical (unpaired) electrons. The number of pyridine rings is 1. The Bertz CT molecular complexity index is 434. The van der Waals surface area contributed by atoms with E-state index in [0.29, 0.717) is 13.0 Å². The van der Waals surface area contributed by atoms with E-state index in [9.17, 15) is 8.42 Å². The van der Waals surface area contributed by atoms with E-state index in [1.54, 1.807) is 25.5 Å². The summed E-state index contributed by atoms with van der Waals surface area (Å²) in [7, 11) is -1.57. The Hall–Kier alpha value is -0.980. The van der Waals surface area contributed by atoms with E-state index < -0.39 is 10.0 Å². The standard InChI is InChI=1S/C12H21N3O2S/c1-3-13-8-5-9-18(16,17)15(2)11-12-6-4-7-14-10-12/h4,6-7,10,13H,3,5,8-9,11H2,1-2H3. The van der Waals surface area contributed by atoms with Gasteiger partial charge in [0.1, 0.15) is 0 Å². The Morgan fingerprint density at radius 3 is 2.83 bits per heavy atom. The van der Waals surface area contributed by atoms with E-state index in [-0.39, 0.29) is 5.75 Å². The molecule has 6 heteroatoms. The van der Waals surface area contributed by atoms with E-state index >= 15 is 0 Å². The molecule has 5 nitrogen and oxygen atoms in total. The van der Waals surface area contributed by atoms with Crippen molar-refractivity contribution in [3.8, 4) is 0 Å². The zero-order valence-electron chi connectivity index (χ0n) is 11.0. The minimum Gasteiger partial charge on any atom is -0.317 e. The van der Waals surface area contributed by atoms with Crippen molar-refractivity contribution in [2.75, 3.05) is 25.9 Å². The highest BCUT2D eigenvalue weighted by Gasteiger charge is 2.17. The van der Waals surface area contributed by atoms with Crippen LogP contribution >= 0.6 is 0 Å². The highest BCUT2D eigenvalue weighted by Crippen LogP contribution is 2.07. The number of nitrogens with zero attached hydrogens (tertiary/aromatic N) is 2. The Kier molecular flexibility index (Phi) is 6.24. The van der Waals surface area contributed by atoms with Gasteiger partial charge in [-0.1, -0.05) is 13.0 Å². The van der Waals surface area contributed by atoms with E-state index in [4.69, 9.17) is 0 Å². The van der Waals surface area contributed by atoms with E-state index in [2.05, 4.69) is 10.3 Å². The van der Waals surface area contributed by atoms with Crippen LogP contribution in [0.4, 0.5) is 0 Å². The highest BCUT2D eigenvalue weighted by atomic mass is 32.2. The summed E-state index contributed by atoms with van der Waals surface area (Å²) >= 11 is 0. The summed E-state index contributed by atoms with van der Waals surface area (Å²) < 4.78 is 25.3. The second-order valence-corrected chi connectivity index (χ2v) is 6.34. The molecule has 0 saturated carbocycles. The monoisotopic (exact) mass is 271 g/mol. The summed E-state index contributed by atoms with van der Waals surface area (Å²) in [6, 6.07) is 3.68. The van der Waals surface area contributed by atoms with Gasteiger partial charge in [0.2, 0.25) is 10.0 Å². The Balaban J connectivity index is 2.46. The average molecular weight is 271 g/mol. The Morgan fingerprint density at radius 1 is 1.44 bits per heavy atom. The van der Waals surface area contributed by atoms with E-state index in [1.807, 2.05) is 13.0 Å². The fraction of sp³-hybridized carbons (Fsp3) is 0.583. The minimum absolute atomic E-state index is 0.177. The molecule has 1 N–H and O–H groups in total. The fourth-order valence-electron chi connectivity index (χ4n) is 1.56. The molecule has 0 unspecified atom stereocenters. The maximum Gasteiger partial charge on any atom is 0.214 e. The summed E-state index contributed by atoms with van der Waals surface area (Å²) in [5, 5.41) is 3.12. The molecule has 0 aliphatic carbocycles. The largest absolute Gasteiger partial charge is 0.317 e. The zero-order valence-corrected chi connectivity index (χ0v) is 11.8. The van der Waals surface area contributed by atoms with Crippen LogP contribution < -0.4 is 5.32 Å². The van der Waals surface area contributed by atoms with Gasteiger partial charge in [-0.2, -0.15) is 0 Å². The van der Waals surface area contributed by atoms with Gasteiger partial charge in [0.25, 0.3) is 0 Å². The van der Waals surface area contributed by atoms with Crippen molar-refractivity contribution in [2.24, 2.45) is 0 Å². The molecule has 0 aromatic carbocycles. The van der Waals surface area contributed by atoms with Crippen LogP contribution in [0.15, 0.2) is 24.5 Å². The maximum absolute atomic E-state index is 12.0. The van der Waals surface area contributed by atoms with Crippen LogP contribution in [0.25, 0.3) is 0 Å². The smallest absolute Gasteiger partial charge is 0.214 e. The lowest BCUT2D eigenvalue weighted by Gasteiger charge is -2.17. The van der Waals surface area contributed by atoms with Crippen molar-refractivity contribution in [3.05, 3.63) is 30.1 Å². The fourth-order valence-corrected chi connectivity index (χ4v) is 2.73. The van der Waals surface area contributed by atoms with Gasteiger partial charge in [-0.25, -0.2) is 12.7 Å². The number of rotatable bonds is 8. The minimum atomic E-state index is -3.17. The SMILES string of the molecule is CCNCCCS(=O)(=O)N(C)Cc1cccnc1. The lowest BCUT2D eigenvalue weighted by atomic mass is 10.3. The van der Waals surface area contributed by atoms with E-state index in [0.717, 1.165) is 18.7 Å². The van der Waals surface area contributed by atoms with Crippen molar-refractivity contribution in [2.45, 2.75) is 19.9 Å². The Morgan fingerprint density at radius 2 is 2.22 bits per heavy atom. The lowest BCUT2D eigenvalue weighted by molar-refractivity contribution is 0.464. The summed E-state index contributed by atoms with van der Waals surface area (Å²) in [6.45, 7) is 3.97. The Labute approximate surface area is 109 Å². The van der Waals surface area contributed by atoms with Gasteiger partial charge < -0.3 is 5.32 Å². The van der Waals surface area contributed by atoms with Crippen molar-refractivity contribution in [1.82, 2.24) is 14.6 Å². The zero-order chi connectivity index (χ0) is 13.4. The second-order valence-electron chi connectivity index (χ2n) is 4.14. The van der Waals surface area contributed by atoms with Crippen LogP contribution in [0.2, 0.25) is 0 Å². The van der Waals surface area contributed by atoms with Gasteiger partial charge in [0.05, 0.1) is 5.75 Å². The number of nitrogens with one attached hydrogen (secondary N) is 1. The molecule has 0 aliphatic heterocycles. The van der Waals surface area contributed by atoms with Crippen LogP contribution in [-0.2, 0) is 16.6 Å². The molecule has 0 amide bonds. The molecule has 102 valence electrons. The topological polar surface area (TPSA) is 62.3 Å². The van der Waals surface area contributed by atoms with Crippen molar-refractivity contribution in [1.29, 1.82) is 0 Å². The molecule has 1 heterocycles. The molecule has 1 rings (SSSR count). The van der Waals surface area contributed by atoms with Crippen LogP contribution in [0.3, 0.4) is 0 Å².